The summed E-state index contributed by atoms with van der Waals surface area (Å²) in [6, 6.07) is 0.215. The molecule has 6 aliphatic heterocycles. The Labute approximate surface area is 654 Å². The van der Waals surface area contributed by atoms with Gasteiger partial charge in [-0.25, -0.2) is 28.0 Å². The second-order valence-electron chi connectivity index (χ2n) is 28.1. The Bertz CT molecular complexity index is 4900. The molecular weight excluding hydrogens is 1500 g/mol. The van der Waals surface area contributed by atoms with Gasteiger partial charge in [-0.3, -0.25) is 43.2 Å². The van der Waals surface area contributed by atoms with E-state index < -0.39 is 114 Å². The molecule has 39 heteroatoms. The predicted molar refractivity (Wildman–Crippen MR) is 380 cm³/mol. The largest absolute Gasteiger partial charge is 1.00 e. The van der Waals surface area contributed by atoms with Gasteiger partial charge in [0, 0.05) is 49.4 Å². The number of carbonyl (C=O) groups excluding carboxylic acids is 8. The molecule has 1 unspecified atom stereocenters. The minimum atomic E-state index is -1.34. The van der Waals surface area contributed by atoms with E-state index in [0.717, 1.165) is 71.1 Å². The SMILES string of the molecule is COC(=O)c1cn([C@H]2CCCC2=O)c(C(=O)OC)c(OC)c1=O.COC(=O)c1cn2c(c(OC)c1=O)C(=O)N1[C@@H](C)COC13CCC[C@@H]23.COc1c2n(cc(C(=O)O)c1=O)[C@@H]1CCC[C@@]13OC[C@H](C)N3C2=O.C[C@H](N)CO.C[C@H]1CO[C@]23CCC[C@H]2n2cc(C(=O)NCc4ccc(F)c(Cl)c4F)c(=O)c(O)c2C(=O)N13.[Li+].[OH-]. The fourth-order valence-electron chi connectivity index (χ4n) is 16.9. The number of ketones is 1. The van der Waals surface area contributed by atoms with E-state index in [4.69, 9.17) is 55.6 Å². The Morgan fingerprint density at radius 2 is 0.982 bits per heavy atom. The molecule has 10 heterocycles. The van der Waals surface area contributed by atoms with Crippen LogP contribution >= 0.6 is 11.6 Å². The van der Waals surface area contributed by atoms with Crippen LogP contribution in [-0.4, -0.2) is 217 Å². The predicted octanol–water partition coefficient (Wildman–Crippen LogP) is 1.38. The van der Waals surface area contributed by atoms with E-state index in [2.05, 4.69) is 14.8 Å². The zero-order valence-corrected chi connectivity index (χ0v) is 64.0. The molecule has 3 spiro atoms. The Kier molecular flexibility index (Phi) is 26.0. The number of nitrogens with zero attached hydrogens (tertiary/aromatic N) is 7. The standard InChI is InChI=1S/C22H20ClF2N3O5.C17H20N2O6.C16H18N2O6.C15H17NO7.C3H9NO.Li.H2O/c1-10-9-33-22-6-2-3-14(22)27-8-12(18(29)19(30)17(27)21(32)28(10)22)20(31)26-7-11-4-5-13(24)15(23)16(11)25;1-9-8-25-17-6-4-5-11(17)18-7-10(16(22)24-3)13(20)14(23-2)12(18)15(21)19(9)17;1-8-7-24-16-5-3-4-10(16)17-6-9(15(21)22)12(19)13(23-2)11(17)14(20)18(8)16;1-21-13-11(15(20)23-3)16(9-5-4-6-10(9)17)7-8(12(13)18)14(19)22-2;1-3(4)2-5;;/h4-5,8,10,14,30H,2-3,6-7,9H2,1H3,(H,26,31);7,9,11H,4-6,8H2,1-3H3;6,8,10H,3-5,7H2,1-2H3,(H,21,22);7,9H,4-6H2,1-3H3;3,5H,2,4H2,1H3;;1H2/q;;;;;+1;/p-1/t10-,14+,22+;9-,11+,17?;8-,10+,16+;9-;3-;;/m00000../s1. The molecule has 1 aromatic carbocycles. The van der Waals surface area contributed by atoms with Crippen LogP contribution in [0.3, 0.4) is 0 Å². The Morgan fingerprint density at radius 1 is 0.589 bits per heavy atom. The number of amides is 4. The molecule has 600 valence electrons. The number of aromatic hydroxyl groups is 1. The molecule has 112 heavy (non-hydrogen) atoms. The van der Waals surface area contributed by atoms with Gasteiger partial charge in [0.05, 0.1) is 111 Å². The van der Waals surface area contributed by atoms with Crippen molar-refractivity contribution < 1.29 is 134 Å². The number of carboxylic acid groups (broad SMARTS) is 1. The number of carboxylic acids is 1. The maximum atomic E-state index is 14.1. The smallest absolute Gasteiger partial charge is 0.870 e. The van der Waals surface area contributed by atoms with Gasteiger partial charge in [-0.1, -0.05) is 17.7 Å². The van der Waals surface area contributed by atoms with Crippen LogP contribution < -0.4 is 65.8 Å². The van der Waals surface area contributed by atoms with Crippen molar-refractivity contribution >= 4 is 64.9 Å². The summed E-state index contributed by atoms with van der Waals surface area (Å²) in [5.41, 5.74) is -1.90. The quantitative estimate of drug-likeness (QED) is 0.0510. The van der Waals surface area contributed by atoms with E-state index in [1.54, 1.807) is 30.8 Å². The van der Waals surface area contributed by atoms with Gasteiger partial charge >= 0.3 is 42.7 Å². The molecule has 4 saturated carbocycles. The molecule has 3 saturated heterocycles. The molecule has 5 aromatic rings. The molecule has 4 amide bonds. The van der Waals surface area contributed by atoms with E-state index in [9.17, 15) is 81.3 Å². The number of hydrogen-bond acceptors (Lipinski definition) is 26. The number of aromatic nitrogens is 4. The molecule has 7 fully saturated rings. The third-order valence-corrected chi connectivity index (χ3v) is 22.0. The first-order valence-corrected chi connectivity index (χ1v) is 35.8. The van der Waals surface area contributed by atoms with Crippen molar-refractivity contribution in [2.75, 3.05) is 69.1 Å². The summed E-state index contributed by atoms with van der Waals surface area (Å²) in [5, 5.41) is 29.7. The van der Waals surface area contributed by atoms with Crippen LogP contribution in [0.15, 0.2) is 56.1 Å². The molecule has 4 aromatic heterocycles. The average molecular weight is 1580 g/mol. The minimum absolute atomic E-state index is 0. The number of aliphatic hydroxyl groups is 1. The molecule has 10 aliphatic rings. The number of hydrogen-bond donors (Lipinski definition) is 5. The summed E-state index contributed by atoms with van der Waals surface area (Å²) in [6.07, 6.45) is 13.3. The number of nitrogens with one attached hydrogen (secondary N) is 1. The minimum Gasteiger partial charge on any atom is -0.870 e. The molecule has 0 bridgehead atoms. The topological polar surface area (TPSA) is 463 Å². The first kappa shape index (κ1) is 86.1. The summed E-state index contributed by atoms with van der Waals surface area (Å²) in [7, 11) is 7.30. The number of aliphatic hydroxyl groups excluding tert-OH is 1. The molecule has 35 nitrogen and oxygen atoms in total. The Hall–Kier alpha value is -9.84. The van der Waals surface area contributed by atoms with Crippen molar-refractivity contribution in [3.63, 3.8) is 0 Å². The molecule has 0 radical (unpaired) electrons. The number of fused-ring (bicyclic) bond motifs is 6. The van der Waals surface area contributed by atoms with Crippen LogP contribution in [0.4, 0.5) is 8.78 Å². The van der Waals surface area contributed by atoms with Gasteiger partial charge in [0.25, 0.3) is 23.6 Å². The normalized spacial score (nSPS) is 25.0. The van der Waals surface area contributed by atoms with Crippen LogP contribution in [0, 0.1) is 11.6 Å². The van der Waals surface area contributed by atoms with Gasteiger partial charge in [-0.15, -0.1) is 0 Å². The monoisotopic (exact) mass is 1580 g/mol. The number of esters is 3. The van der Waals surface area contributed by atoms with E-state index in [1.165, 1.54) is 56.2 Å². The molecule has 11 atom stereocenters. The third-order valence-electron chi connectivity index (χ3n) is 21.7. The van der Waals surface area contributed by atoms with Crippen molar-refractivity contribution in [2.24, 2.45) is 5.73 Å². The molecule has 7 N–H and O–H groups in total. The van der Waals surface area contributed by atoms with E-state index >= 15 is 0 Å². The third kappa shape index (κ3) is 14.2. The number of Topliss-reactive ketones (excluding diaryl/α,β-unsaturated/α-hetero) is 1. The van der Waals surface area contributed by atoms with Gasteiger partial charge in [0.1, 0.15) is 38.9 Å². The van der Waals surface area contributed by atoms with E-state index in [-0.39, 0.29) is 154 Å². The first-order valence-electron chi connectivity index (χ1n) is 35.5. The second-order valence-corrected chi connectivity index (χ2v) is 28.4. The number of nitrogens with two attached hydrogens (primary N) is 1. The van der Waals surface area contributed by atoms with E-state index in [0.29, 0.717) is 58.3 Å². The van der Waals surface area contributed by atoms with Gasteiger partial charge in [-0.05, 0) is 104 Å². The van der Waals surface area contributed by atoms with Crippen LogP contribution in [-0.2, 0) is 39.8 Å². The summed E-state index contributed by atoms with van der Waals surface area (Å²) in [4.78, 5) is 167. The van der Waals surface area contributed by atoms with Crippen LogP contribution in [0.1, 0.15) is 218 Å². The summed E-state index contributed by atoms with van der Waals surface area (Å²) >= 11 is 5.56. The molecule has 15 rings (SSSR count). The maximum Gasteiger partial charge on any atom is 1.00 e. The zero-order chi connectivity index (χ0) is 80.2. The van der Waals surface area contributed by atoms with Crippen molar-refractivity contribution in [3.05, 3.63) is 145 Å². The average Bonchev–Trinajstić information content (AvgIpc) is 1.54. The molecular formula is C73H85ClF2LiN9O26. The van der Waals surface area contributed by atoms with Crippen molar-refractivity contribution in [2.45, 2.75) is 177 Å². The fraction of sp³-hybridized carbons (Fsp3) is 0.521. The number of ether oxygens (including phenoxy) is 9. The summed E-state index contributed by atoms with van der Waals surface area (Å²) in [6.45, 7) is 8.37. The number of rotatable bonds is 12. The maximum absolute atomic E-state index is 14.1. The van der Waals surface area contributed by atoms with E-state index in [1.807, 2.05) is 20.8 Å². The van der Waals surface area contributed by atoms with Crippen LogP contribution in [0.25, 0.3) is 0 Å². The van der Waals surface area contributed by atoms with Crippen molar-refractivity contribution in [1.29, 1.82) is 0 Å². The Morgan fingerprint density at radius 3 is 1.38 bits per heavy atom. The molecule has 4 aliphatic carbocycles. The van der Waals surface area contributed by atoms with Gasteiger partial charge in [0.2, 0.25) is 21.7 Å². The van der Waals surface area contributed by atoms with Crippen LogP contribution in [0.2, 0.25) is 5.02 Å². The number of carbonyl (C=O) groups is 9. The summed E-state index contributed by atoms with van der Waals surface area (Å²) < 4.78 is 81.1. The number of benzene rings is 1. The fourth-order valence-corrected chi connectivity index (χ4v) is 17.0. The first-order chi connectivity index (χ1) is 52.3. The van der Waals surface area contributed by atoms with Crippen LogP contribution in [0.5, 0.6) is 23.0 Å². The van der Waals surface area contributed by atoms with Crippen molar-refractivity contribution in [1.82, 2.24) is 38.3 Å². The number of pyridine rings is 4. The van der Waals surface area contributed by atoms with Gasteiger partial charge in [0.15, 0.2) is 68.7 Å². The number of halogens is 3. The summed E-state index contributed by atoms with van der Waals surface area (Å²) in [5.74, 6) is -9.36. The Balaban J connectivity index is 0.000000168. The number of methoxy groups -OCH3 is 6. The zero-order valence-electron chi connectivity index (χ0n) is 63.2. The second kappa shape index (κ2) is 33.8. The van der Waals surface area contributed by atoms with Crippen molar-refractivity contribution in [3.8, 4) is 23.0 Å². The number of aromatic carboxylic acids is 1. The van der Waals surface area contributed by atoms with Gasteiger partial charge < -0.3 is 107 Å². The van der Waals surface area contributed by atoms with Gasteiger partial charge in [-0.2, -0.15) is 0 Å².